The van der Waals surface area contributed by atoms with E-state index in [-0.39, 0.29) is 11.3 Å². The van der Waals surface area contributed by atoms with E-state index in [9.17, 15) is 4.79 Å². The first-order valence-electron chi connectivity index (χ1n) is 6.60. The van der Waals surface area contributed by atoms with Gasteiger partial charge >= 0.3 is 0 Å². The molecule has 0 spiro atoms. The number of likely N-dealkylation sites (tertiary alicyclic amines) is 1. The highest BCUT2D eigenvalue weighted by atomic mass is 16.6. The van der Waals surface area contributed by atoms with Crippen LogP contribution in [0.3, 0.4) is 0 Å². The monoisotopic (exact) mass is 242 g/mol. The van der Waals surface area contributed by atoms with Crippen molar-refractivity contribution < 1.29 is 9.63 Å². The van der Waals surface area contributed by atoms with Crippen LogP contribution in [-0.2, 0) is 9.63 Å². The van der Waals surface area contributed by atoms with Crippen molar-refractivity contribution in [2.75, 3.05) is 26.2 Å². The van der Waals surface area contributed by atoms with E-state index in [1.807, 2.05) is 20.8 Å². The second-order valence-electron chi connectivity index (χ2n) is 6.01. The van der Waals surface area contributed by atoms with E-state index in [2.05, 4.69) is 10.4 Å². The van der Waals surface area contributed by atoms with Gasteiger partial charge in [0.25, 0.3) is 0 Å². The quantitative estimate of drug-likeness (QED) is 0.592. The SMILES string of the molecule is CC(C)(C)CC(=O)NOCCN1CCCCC1. The van der Waals surface area contributed by atoms with Crippen LogP contribution >= 0.6 is 0 Å². The third-order valence-electron chi connectivity index (χ3n) is 2.84. The summed E-state index contributed by atoms with van der Waals surface area (Å²) >= 11 is 0. The molecular formula is C13H26N2O2. The van der Waals surface area contributed by atoms with Gasteiger partial charge in [0.2, 0.25) is 5.91 Å². The Labute approximate surface area is 105 Å². The van der Waals surface area contributed by atoms with Crippen molar-refractivity contribution in [1.29, 1.82) is 0 Å². The van der Waals surface area contributed by atoms with E-state index >= 15 is 0 Å². The van der Waals surface area contributed by atoms with Gasteiger partial charge in [-0.2, -0.15) is 0 Å². The van der Waals surface area contributed by atoms with Crippen molar-refractivity contribution >= 4 is 5.91 Å². The summed E-state index contributed by atoms with van der Waals surface area (Å²) in [5.74, 6) is -0.0313. The van der Waals surface area contributed by atoms with Crippen LogP contribution in [0.4, 0.5) is 0 Å². The van der Waals surface area contributed by atoms with Gasteiger partial charge in [-0.25, -0.2) is 5.48 Å². The lowest BCUT2D eigenvalue weighted by Gasteiger charge is -2.26. The molecule has 4 heteroatoms. The topological polar surface area (TPSA) is 41.6 Å². The largest absolute Gasteiger partial charge is 0.301 e. The van der Waals surface area contributed by atoms with Crippen molar-refractivity contribution in [2.45, 2.75) is 46.5 Å². The van der Waals surface area contributed by atoms with E-state index in [1.165, 1.54) is 32.4 Å². The van der Waals surface area contributed by atoms with Crippen molar-refractivity contribution in [1.82, 2.24) is 10.4 Å². The Morgan fingerprint density at radius 3 is 2.47 bits per heavy atom. The van der Waals surface area contributed by atoms with Gasteiger partial charge in [0.1, 0.15) is 0 Å². The maximum absolute atomic E-state index is 11.5. The van der Waals surface area contributed by atoms with E-state index in [4.69, 9.17) is 4.84 Å². The lowest BCUT2D eigenvalue weighted by molar-refractivity contribution is -0.135. The Hall–Kier alpha value is -0.610. The minimum atomic E-state index is -0.0313. The number of hydrogen-bond donors (Lipinski definition) is 1. The molecule has 1 aliphatic rings. The van der Waals surface area contributed by atoms with Gasteiger partial charge in [0, 0.05) is 13.0 Å². The number of amides is 1. The third kappa shape index (κ3) is 7.34. The van der Waals surface area contributed by atoms with Gasteiger partial charge < -0.3 is 4.90 Å². The second-order valence-corrected chi connectivity index (χ2v) is 6.01. The summed E-state index contributed by atoms with van der Waals surface area (Å²) in [6, 6.07) is 0. The molecule has 1 amide bonds. The second kappa shape index (κ2) is 6.97. The van der Waals surface area contributed by atoms with Crippen LogP contribution in [0.1, 0.15) is 46.5 Å². The van der Waals surface area contributed by atoms with Crippen molar-refractivity contribution in [2.24, 2.45) is 5.41 Å². The number of hydrogen-bond acceptors (Lipinski definition) is 3. The molecule has 1 N–H and O–H groups in total. The van der Waals surface area contributed by atoms with E-state index < -0.39 is 0 Å². The van der Waals surface area contributed by atoms with Crippen molar-refractivity contribution in [3.63, 3.8) is 0 Å². The molecule has 17 heavy (non-hydrogen) atoms. The molecule has 0 radical (unpaired) electrons. The molecule has 1 fully saturated rings. The van der Waals surface area contributed by atoms with Crippen LogP contribution in [0.15, 0.2) is 0 Å². The average Bonchev–Trinajstić information content (AvgIpc) is 2.23. The fraction of sp³-hybridized carbons (Fsp3) is 0.923. The first-order valence-corrected chi connectivity index (χ1v) is 6.60. The van der Waals surface area contributed by atoms with Crippen LogP contribution in [0.2, 0.25) is 0 Å². The molecule has 0 aromatic carbocycles. The predicted octanol–water partition coefficient (Wildman–Crippen LogP) is 1.96. The molecular weight excluding hydrogens is 216 g/mol. The standard InChI is InChI=1S/C13H26N2O2/c1-13(2,3)11-12(16)14-17-10-9-15-7-5-4-6-8-15/h4-11H2,1-3H3,(H,14,16). The average molecular weight is 242 g/mol. The van der Waals surface area contributed by atoms with Crippen LogP contribution in [0.5, 0.6) is 0 Å². The molecule has 0 atom stereocenters. The number of hydroxylamine groups is 1. The predicted molar refractivity (Wildman–Crippen MR) is 68.5 cm³/mol. The molecule has 100 valence electrons. The molecule has 4 nitrogen and oxygen atoms in total. The van der Waals surface area contributed by atoms with Crippen molar-refractivity contribution in [3.05, 3.63) is 0 Å². The molecule has 1 saturated heterocycles. The molecule has 0 saturated carbocycles. The summed E-state index contributed by atoms with van der Waals surface area (Å²) in [5, 5.41) is 0. The zero-order valence-electron chi connectivity index (χ0n) is 11.4. The number of nitrogens with zero attached hydrogens (tertiary/aromatic N) is 1. The summed E-state index contributed by atoms with van der Waals surface area (Å²) in [4.78, 5) is 19.1. The van der Waals surface area contributed by atoms with Gasteiger partial charge in [-0.3, -0.25) is 9.63 Å². The number of nitrogens with one attached hydrogen (secondary N) is 1. The maximum Gasteiger partial charge on any atom is 0.244 e. The Balaban J connectivity index is 2.01. The first-order chi connectivity index (χ1) is 7.97. The Morgan fingerprint density at radius 1 is 1.24 bits per heavy atom. The highest BCUT2D eigenvalue weighted by Gasteiger charge is 2.16. The molecule has 0 aromatic rings. The fourth-order valence-corrected chi connectivity index (χ4v) is 2.01. The van der Waals surface area contributed by atoms with Crippen LogP contribution in [0.25, 0.3) is 0 Å². The molecule has 0 bridgehead atoms. The Kier molecular flexibility index (Phi) is 5.92. The lowest BCUT2D eigenvalue weighted by Crippen LogP contribution is -2.35. The normalized spacial score (nSPS) is 18.1. The number of piperidine rings is 1. The Morgan fingerprint density at radius 2 is 1.88 bits per heavy atom. The molecule has 0 aliphatic carbocycles. The van der Waals surface area contributed by atoms with Gasteiger partial charge in [0.05, 0.1) is 6.61 Å². The Bertz CT molecular complexity index is 230. The van der Waals surface area contributed by atoms with E-state index in [0.29, 0.717) is 13.0 Å². The first kappa shape index (κ1) is 14.5. The van der Waals surface area contributed by atoms with Crippen LogP contribution in [0, 0.1) is 5.41 Å². The highest BCUT2D eigenvalue weighted by Crippen LogP contribution is 2.17. The maximum atomic E-state index is 11.5. The van der Waals surface area contributed by atoms with Gasteiger partial charge in [-0.1, -0.05) is 27.2 Å². The van der Waals surface area contributed by atoms with Crippen molar-refractivity contribution in [3.8, 4) is 0 Å². The minimum absolute atomic E-state index is 0.0142. The summed E-state index contributed by atoms with van der Waals surface area (Å²) in [5.41, 5.74) is 2.53. The van der Waals surface area contributed by atoms with Crippen LogP contribution in [-0.4, -0.2) is 37.0 Å². The summed E-state index contributed by atoms with van der Waals surface area (Å²) in [7, 11) is 0. The lowest BCUT2D eigenvalue weighted by atomic mass is 9.92. The van der Waals surface area contributed by atoms with Crippen LogP contribution < -0.4 is 5.48 Å². The zero-order chi connectivity index (χ0) is 12.7. The molecule has 0 aromatic heterocycles. The smallest absolute Gasteiger partial charge is 0.244 e. The van der Waals surface area contributed by atoms with E-state index in [0.717, 1.165) is 6.54 Å². The molecule has 1 aliphatic heterocycles. The van der Waals surface area contributed by atoms with E-state index in [1.54, 1.807) is 0 Å². The van der Waals surface area contributed by atoms with Gasteiger partial charge in [-0.15, -0.1) is 0 Å². The van der Waals surface area contributed by atoms with Gasteiger partial charge in [0.15, 0.2) is 0 Å². The number of rotatable bonds is 5. The number of carbonyl (C=O) groups excluding carboxylic acids is 1. The summed E-state index contributed by atoms with van der Waals surface area (Å²) in [6.07, 6.45) is 4.42. The fourth-order valence-electron chi connectivity index (χ4n) is 2.01. The summed E-state index contributed by atoms with van der Waals surface area (Å²) < 4.78 is 0. The highest BCUT2D eigenvalue weighted by molar-refractivity contribution is 5.75. The molecule has 1 rings (SSSR count). The van der Waals surface area contributed by atoms with Gasteiger partial charge in [-0.05, 0) is 31.3 Å². The zero-order valence-corrected chi connectivity index (χ0v) is 11.4. The minimum Gasteiger partial charge on any atom is -0.301 e. The third-order valence-corrected chi connectivity index (χ3v) is 2.84. The summed E-state index contributed by atoms with van der Waals surface area (Å²) in [6.45, 7) is 9.95. The molecule has 0 unspecified atom stereocenters. The number of carbonyl (C=O) groups is 1. The molecule has 1 heterocycles.